The number of nitrogens with zero attached hydrogens (tertiary/aromatic N) is 2. The van der Waals surface area contributed by atoms with Crippen LogP contribution in [0.1, 0.15) is 52.5 Å². The molecule has 2 aliphatic heterocycles. The van der Waals surface area contributed by atoms with Gasteiger partial charge in [-0.2, -0.15) is 22.0 Å². The Bertz CT molecular complexity index is 1950. The van der Waals surface area contributed by atoms with E-state index in [1.807, 2.05) is 5.32 Å². The van der Waals surface area contributed by atoms with Crippen LogP contribution in [0.3, 0.4) is 0 Å². The van der Waals surface area contributed by atoms with Gasteiger partial charge in [0.15, 0.2) is 0 Å². The van der Waals surface area contributed by atoms with Crippen LogP contribution in [0.4, 0.5) is 33.3 Å². The van der Waals surface area contributed by atoms with E-state index in [9.17, 15) is 41.4 Å². The molecule has 1 fully saturated rings. The van der Waals surface area contributed by atoms with Crippen LogP contribution >= 0.6 is 0 Å². The lowest BCUT2D eigenvalue weighted by molar-refractivity contribution is -0.265. The summed E-state index contributed by atoms with van der Waals surface area (Å²) in [7, 11) is 1.29. The number of hydrogen-bond donors (Lipinski definition) is 5. The molecule has 1 aromatic heterocycles. The van der Waals surface area contributed by atoms with Crippen molar-refractivity contribution in [1.29, 1.82) is 0 Å². The van der Waals surface area contributed by atoms with Gasteiger partial charge in [-0.25, -0.2) is 4.98 Å². The monoisotopic (exact) mass is 688 g/mol. The number of benzene rings is 2. The number of methoxy groups -OCH3 is 1. The van der Waals surface area contributed by atoms with E-state index >= 15 is 0 Å². The Morgan fingerprint density at radius 1 is 1.20 bits per heavy atom. The van der Waals surface area contributed by atoms with Crippen LogP contribution in [0, 0.1) is 0 Å². The van der Waals surface area contributed by atoms with Crippen molar-refractivity contribution in [3.8, 4) is 22.8 Å². The lowest BCUT2D eigenvalue weighted by Gasteiger charge is -2.31. The van der Waals surface area contributed by atoms with Gasteiger partial charge in [-0.3, -0.25) is 19.4 Å². The van der Waals surface area contributed by atoms with Crippen LogP contribution in [0.15, 0.2) is 41.4 Å². The number of nitrogens with one attached hydrogen (secondary N) is 2. The molecule has 17 heteroatoms. The maximum atomic E-state index is 14.9. The maximum absolute atomic E-state index is 14.9. The van der Waals surface area contributed by atoms with Gasteiger partial charge in [0.1, 0.15) is 29.2 Å². The van der Waals surface area contributed by atoms with Gasteiger partial charge in [-0.05, 0) is 50.1 Å². The topological polar surface area (TPSA) is 191 Å². The van der Waals surface area contributed by atoms with Crippen LogP contribution in [0.5, 0.6) is 11.5 Å². The van der Waals surface area contributed by atoms with Gasteiger partial charge in [0.05, 0.1) is 42.3 Å². The summed E-state index contributed by atoms with van der Waals surface area (Å²) in [5.74, 6) is -7.80. The molecule has 258 valence electrons. The first kappa shape index (κ1) is 33.6. The van der Waals surface area contributed by atoms with E-state index in [0.29, 0.717) is 0 Å². The molecule has 3 aliphatic rings. The van der Waals surface area contributed by atoms with E-state index in [2.05, 4.69) is 15.3 Å². The fourth-order valence-corrected chi connectivity index (χ4v) is 5.49. The third-order valence-electron chi connectivity index (χ3n) is 8.81. The molecular weight excluding hydrogens is 659 g/mol. The van der Waals surface area contributed by atoms with E-state index in [1.54, 1.807) is 0 Å². The number of aromatic nitrogens is 1. The van der Waals surface area contributed by atoms with Gasteiger partial charge < -0.3 is 36.7 Å². The minimum absolute atomic E-state index is 0.0588. The Hall–Kier alpha value is -5.32. The number of nitrogens with two attached hydrogens (primary N) is 2. The van der Waals surface area contributed by atoms with Crippen LogP contribution < -0.4 is 31.6 Å². The average molecular weight is 689 g/mol. The molecule has 7 N–H and O–H groups in total. The predicted molar refractivity (Wildman–Crippen MR) is 165 cm³/mol. The fourth-order valence-electron chi connectivity index (χ4n) is 5.49. The quantitative estimate of drug-likeness (QED) is 0.129. The molecular formula is C32H29F5N6O6. The fraction of sp³-hybridized carbons (Fsp3) is 0.344. The Labute approximate surface area is 274 Å². The zero-order valence-corrected chi connectivity index (χ0v) is 25.9. The average Bonchev–Trinajstić information content (AvgIpc) is 3.77. The molecule has 6 rings (SSSR count). The molecule has 0 radical (unpaired) electrons. The predicted octanol–water partition coefficient (Wildman–Crippen LogP) is 3.28. The number of primary amides is 1. The number of carbonyl (C=O) groups excluding carboxylic acids is 3. The molecule has 0 unspecified atom stereocenters. The second-order valence-corrected chi connectivity index (χ2v) is 12.2. The van der Waals surface area contributed by atoms with Gasteiger partial charge in [-0.15, -0.1) is 0 Å². The van der Waals surface area contributed by atoms with Crippen LogP contribution in [0.25, 0.3) is 11.3 Å². The minimum atomic E-state index is -5.50. The molecule has 1 aliphatic carbocycles. The normalized spacial score (nSPS) is 20.6. The largest absolute Gasteiger partial charge is 0.495 e. The van der Waals surface area contributed by atoms with Gasteiger partial charge in [0.25, 0.3) is 11.8 Å². The molecule has 2 aromatic carbocycles. The molecule has 3 aromatic rings. The third-order valence-corrected chi connectivity index (χ3v) is 8.81. The first-order chi connectivity index (χ1) is 22.9. The number of aliphatic hydroxyl groups is 1. The van der Waals surface area contributed by atoms with E-state index in [-0.39, 0.29) is 51.2 Å². The maximum Gasteiger partial charge on any atom is 0.424 e. The van der Waals surface area contributed by atoms with Crippen molar-refractivity contribution in [2.75, 3.05) is 31.3 Å². The Morgan fingerprint density at radius 3 is 2.55 bits per heavy atom. The number of aliphatic imine (C=N–C) groups is 1. The summed E-state index contributed by atoms with van der Waals surface area (Å²) in [5, 5.41) is 15.5. The highest BCUT2D eigenvalue weighted by molar-refractivity contribution is 6.04. The Morgan fingerprint density at radius 2 is 1.92 bits per heavy atom. The highest BCUT2D eigenvalue weighted by Crippen LogP contribution is 2.49. The smallest absolute Gasteiger partial charge is 0.424 e. The van der Waals surface area contributed by atoms with Crippen molar-refractivity contribution in [3.63, 3.8) is 0 Å². The van der Waals surface area contributed by atoms with Crippen molar-refractivity contribution < 1.29 is 50.9 Å². The molecule has 3 amide bonds. The second-order valence-electron chi connectivity index (χ2n) is 12.2. The standard InChI is InChI=1S/C32H29F5N6O6/c1-29(27(39)45)13-49-25-19(29)10-22(43-24(25)14-3-6-20-18(8-14)31(33,34)28(46)42-20)30(47,32(35,36)37)12-41-26(44)15-7-16(11-40-17-4-5-17)23(38)21(9-15)48-2/h3,6-11,17,47H,4-5,12-13,38H2,1-2H3,(H2,39,45)(H,41,44)(H,42,46)/t29-,30-/m0/s1. The number of amides is 3. The van der Waals surface area contributed by atoms with Crippen molar-refractivity contribution in [1.82, 2.24) is 10.3 Å². The van der Waals surface area contributed by atoms with Crippen LogP contribution in [0.2, 0.25) is 0 Å². The molecule has 0 saturated heterocycles. The van der Waals surface area contributed by atoms with Crippen molar-refractivity contribution in [2.45, 2.75) is 48.9 Å². The summed E-state index contributed by atoms with van der Waals surface area (Å²) in [6, 6.07) is 6.53. The number of anilines is 2. The number of pyridine rings is 1. The second kappa shape index (κ2) is 11.4. The van der Waals surface area contributed by atoms with E-state index in [4.69, 9.17) is 20.9 Å². The van der Waals surface area contributed by atoms with Crippen LogP contribution in [-0.4, -0.2) is 66.5 Å². The van der Waals surface area contributed by atoms with Crippen molar-refractivity contribution >= 4 is 35.3 Å². The molecule has 3 heterocycles. The van der Waals surface area contributed by atoms with E-state index < -0.39 is 70.9 Å². The summed E-state index contributed by atoms with van der Waals surface area (Å²) in [4.78, 5) is 46.0. The third kappa shape index (κ3) is 5.56. The first-order valence-corrected chi connectivity index (χ1v) is 14.8. The Kier molecular flexibility index (Phi) is 7.81. The number of rotatable bonds is 9. The zero-order valence-electron chi connectivity index (χ0n) is 25.9. The number of fused-ring (bicyclic) bond motifs is 2. The van der Waals surface area contributed by atoms with E-state index in [0.717, 1.165) is 31.0 Å². The van der Waals surface area contributed by atoms with Gasteiger partial charge in [0.2, 0.25) is 11.5 Å². The van der Waals surface area contributed by atoms with Crippen molar-refractivity contribution in [3.05, 3.63) is 64.3 Å². The number of alkyl halides is 5. The summed E-state index contributed by atoms with van der Waals surface area (Å²) >= 11 is 0. The molecule has 0 spiro atoms. The zero-order chi connectivity index (χ0) is 35.7. The number of halogens is 5. The summed E-state index contributed by atoms with van der Waals surface area (Å²) in [5.41, 5.74) is 3.36. The first-order valence-electron chi connectivity index (χ1n) is 14.8. The highest BCUT2D eigenvalue weighted by Gasteiger charge is 2.58. The van der Waals surface area contributed by atoms with Crippen LogP contribution in [-0.2, 0) is 26.5 Å². The summed E-state index contributed by atoms with van der Waals surface area (Å²) in [6.07, 6.45) is -2.30. The number of hydrogen-bond acceptors (Lipinski definition) is 9. The molecule has 1 saturated carbocycles. The minimum Gasteiger partial charge on any atom is -0.495 e. The number of carbonyl (C=O) groups is 3. The summed E-state index contributed by atoms with van der Waals surface area (Å²) in [6.45, 7) is -0.627. The molecule has 2 atom stereocenters. The lowest BCUT2D eigenvalue weighted by Crippen LogP contribution is -2.51. The number of ether oxygens (including phenoxy) is 2. The SMILES string of the molecule is COc1cc(C(=O)NC[C@](O)(c2cc3c(c(-c4ccc5c(c4)C(F)(F)C(=O)N5)n2)OC[C@]3(C)C(N)=O)C(F)(F)F)cc(C=NC2CC2)c1N. The highest BCUT2D eigenvalue weighted by atomic mass is 19.4. The van der Waals surface area contributed by atoms with Crippen molar-refractivity contribution in [2.24, 2.45) is 10.7 Å². The van der Waals surface area contributed by atoms with E-state index in [1.165, 1.54) is 38.4 Å². The Balaban J connectivity index is 1.43. The van der Waals surface area contributed by atoms with Gasteiger partial charge in [0, 0.05) is 28.5 Å². The number of nitrogen functional groups attached to an aromatic ring is 1. The molecule has 0 bridgehead atoms. The summed E-state index contributed by atoms with van der Waals surface area (Å²) < 4.78 is 84.8. The molecule has 12 nitrogen and oxygen atoms in total. The lowest BCUT2D eigenvalue weighted by atomic mass is 9.81. The molecule has 49 heavy (non-hydrogen) atoms. The van der Waals surface area contributed by atoms with Gasteiger partial charge >= 0.3 is 12.1 Å². The van der Waals surface area contributed by atoms with Gasteiger partial charge in [-0.1, -0.05) is 6.07 Å².